The lowest BCUT2D eigenvalue weighted by molar-refractivity contribution is -0.870. The summed E-state index contributed by atoms with van der Waals surface area (Å²) in [6.45, 7) is 4.57. The van der Waals surface area contributed by atoms with Crippen LogP contribution in [0.1, 0.15) is 136 Å². The Balaban J connectivity index is 4.55. The van der Waals surface area contributed by atoms with Gasteiger partial charge in [0, 0.05) is 12.8 Å². The lowest BCUT2D eigenvalue weighted by Gasteiger charge is -2.25. The van der Waals surface area contributed by atoms with Crippen molar-refractivity contribution in [2.45, 2.75) is 148 Å². The Morgan fingerprint density at radius 3 is 1.53 bits per heavy atom. The highest BCUT2D eigenvalue weighted by atomic mass is 16.7. The quantitative estimate of drug-likeness (QED) is 0.0216. The highest BCUT2D eigenvalue weighted by Gasteiger charge is 2.25. The molecule has 9 heteroatoms. The molecule has 0 aromatic rings. The number of rotatable bonds is 38. The SMILES string of the molecule is CC/C=C\C/C=C\C/C=C\C/C=C\C/C=C\C/C=C\C/C=C\CCCC(=O)OC(COC(=O)CCCCCCC/C=C\CCC)COC(OCC[N+](C)(C)C)C(=O)O. The molecule has 0 fully saturated rings. The molecule has 0 aromatic heterocycles. The molecule has 0 aliphatic heterocycles. The number of likely N-dealkylation sites (N-methyl/N-ethyl adjacent to an activating group) is 1. The van der Waals surface area contributed by atoms with Crippen LogP contribution in [0.5, 0.6) is 0 Å². The van der Waals surface area contributed by atoms with Crippen molar-refractivity contribution in [3.8, 4) is 0 Å². The number of carboxylic acids is 1. The number of aliphatic carboxylic acids is 1. The molecule has 0 aromatic carbocycles. The number of carboxylic acid groups (broad SMARTS) is 1. The van der Waals surface area contributed by atoms with Gasteiger partial charge in [-0.2, -0.15) is 0 Å². The Labute approximate surface area is 352 Å². The van der Waals surface area contributed by atoms with E-state index in [1.807, 2.05) is 27.2 Å². The minimum atomic E-state index is -1.53. The minimum Gasteiger partial charge on any atom is -0.477 e. The number of hydrogen-bond donors (Lipinski definition) is 1. The molecule has 0 heterocycles. The van der Waals surface area contributed by atoms with E-state index >= 15 is 0 Å². The van der Waals surface area contributed by atoms with Crippen molar-refractivity contribution in [3.63, 3.8) is 0 Å². The molecule has 58 heavy (non-hydrogen) atoms. The third-order valence-corrected chi connectivity index (χ3v) is 8.56. The Kier molecular flexibility index (Phi) is 37.4. The van der Waals surface area contributed by atoms with E-state index in [-0.39, 0.29) is 38.6 Å². The van der Waals surface area contributed by atoms with Crippen molar-refractivity contribution in [2.24, 2.45) is 0 Å². The second-order valence-corrected chi connectivity index (χ2v) is 15.3. The first-order valence-corrected chi connectivity index (χ1v) is 21.9. The third kappa shape index (κ3) is 40.4. The fourth-order valence-electron chi connectivity index (χ4n) is 5.18. The molecule has 0 radical (unpaired) electrons. The van der Waals surface area contributed by atoms with Crippen LogP contribution in [-0.4, -0.2) is 87.4 Å². The number of esters is 2. The first-order valence-electron chi connectivity index (χ1n) is 21.9. The maximum Gasteiger partial charge on any atom is 0.361 e. The highest BCUT2D eigenvalue weighted by molar-refractivity contribution is 5.71. The molecule has 0 aliphatic carbocycles. The summed E-state index contributed by atoms with van der Waals surface area (Å²) < 4.78 is 22.6. The highest BCUT2D eigenvalue weighted by Crippen LogP contribution is 2.11. The van der Waals surface area contributed by atoms with Crippen LogP contribution in [0.3, 0.4) is 0 Å². The number of hydrogen-bond acceptors (Lipinski definition) is 7. The first kappa shape index (κ1) is 54.2. The van der Waals surface area contributed by atoms with Crippen LogP contribution in [-0.2, 0) is 33.3 Å². The molecule has 9 nitrogen and oxygen atoms in total. The summed E-state index contributed by atoms with van der Waals surface area (Å²) in [6, 6.07) is 0. The number of unbranched alkanes of at least 4 members (excludes halogenated alkanes) is 7. The van der Waals surface area contributed by atoms with Gasteiger partial charge in [-0.15, -0.1) is 0 Å². The van der Waals surface area contributed by atoms with Gasteiger partial charge in [0.15, 0.2) is 6.10 Å². The molecule has 0 aliphatic rings. The molecule has 2 unspecified atom stereocenters. The number of carbonyl (C=O) groups excluding carboxylic acids is 2. The van der Waals surface area contributed by atoms with Crippen LogP contribution in [0.4, 0.5) is 0 Å². The van der Waals surface area contributed by atoms with Gasteiger partial charge in [0.2, 0.25) is 0 Å². The molecular weight excluding hydrogens is 731 g/mol. The Hall–Kier alpha value is -3.79. The average Bonchev–Trinajstić information content (AvgIpc) is 3.18. The van der Waals surface area contributed by atoms with Crippen LogP contribution in [0.15, 0.2) is 97.2 Å². The lowest BCUT2D eigenvalue weighted by Crippen LogP contribution is -2.40. The monoisotopic (exact) mass is 811 g/mol. The van der Waals surface area contributed by atoms with E-state index in [1.165, 1.54) is 6.42 Å². The Morgan fingerprint density at radius 1 is 0.534 bits per heavy atom. The summed E-state index contributed by atoms with van der Waals surface area (Å²) in [4.78, 5) is 37.0. The summed E-state index contributed by atoms with van der Waals surface area (Å²) in [5.41, 5.74) is 0. The van der Waals surface area contributed by atoms with Gasteiger partial charge in [-0.05, 0) is 83.5 Å². The van der Waals surface area contributed by atoms with Gasteiger partial charge in [-0.25, -0.2) is 4.79 Å². The fraction of sp³-hybridized carbons (Fsp3) is 0.612. The molecule has 1 N–H and O–H groups in total. The van der Waals surface area contributed by atoms with Crippen LogP contribution in [0, 0.1) is 0 Å². The van der Waals surface area contributed by atoms with Crippen molar-refractivity contribution >= 4 is 17.9 Å². The van der Waals surface area contributed by atoms with Crippen molar-refractivity contribution in [2.75, 3.05) is 47.5 Å². The summed E-state index contributed by atoms with van der Waals surface area (Å²) in [5.74, 6) is -2.12. The van der Waals surface area contributed by atoms with Gasteiger partial charge >= 0.3 is 17.9 Å². The number of ether oxygens (including phenoxy) is 4. The summed E-state index contributed by atoms with van der Waals surface area (Å²) >= 11 is 0. The standard InChI is InChI=1S/C49H79NO8/c1-6-8-10-12-14-16-18-19-20-21-22-23-24-25-26-27-28-29-30-32-34-36-38-40-47(52)58-45(44-57-49(48(53)54)55-42-41-50(3,4)5)43-56-46(51)39-37-35-33-31-17-15-13-11-9-7-2/h8,10-11,13-14,16,19-20,22-23,25-26,28-29,32,34,45,49H,6-7,9,12,15,17-18,21,24,27,30-31,33,35-44H2,1-5H3/p+1/b10-8-,13-11-,16-14-,20-19-,23-22-,26-25-,29-28-,34-32-. The van der Waals surface area contributed by atoms with Crippen molar-refractivity contribution in [3.05, 3.63) is 97.2 Å². The van der Waals surface area contributed by atoms with Gasteiger partial charge in [-0.1, -0.05) is 137 Å². The van der Waals surface area contributed by atoms with E-state index in [0.717, 1.165) is 89.9 Å². The van der Waals surface area contributed by atoms with Gasteiger partial charge in [0.1, 0.15) is 13.2 Å². The molecule has 0 spiro atoms. The predicted molar refractivity (Wildman–Crippen MR) is 239 cm³/mol. The first-order chi connectivity index (χ1) is 28.1. The number of allylic oxidation sites excluding steroid dienone is 16. The Bertz CT molecular complexity index is 1270. The van der Waals surface area contributed by atoms with Gasteiger partial charge in [0.05, 0.1) is 34.4 Å². The summed E-state index contributed by atoms with van der Waals surface area (Å²) in [6.07, 6.45) is 49.1. The van der Waals surface area contributed by atoms with Gasteiger partial charge < -0.3 is 28.5 Å². The zero-order valence-electron chi connectivity index (χ0n) is 36.9. The maximum atomic E-state index is 12.7. The van der Waals surface area contributed by atoms with E-state index < -0.39 is 24.3 Å². The average molecular weight is 811 g/mol. The lowest BCUT2D eigenvalue weighted by atomic mass is 10.1. The van der Waals surface area contributed by atoms with Gasteiger partial charge in [-0.3, -0.25) is 9.59 Å². The van der Waals surface area contributed by atoms with Gasteiger partial charge in [0.25, 0.3) is 6.29 Å². The third-order valence-electron chi connectivity index (χ3n) is 8.56. The topological polar surface area (TPSA) is 108 Å². The van der Waals surface area contributed by atoms with Crippen molar-refractivity contribution < 1.29 is 42.9 Å². The molecule has 0 saturated carbocycles. The van der Waals surface area contributed by atoms with Crippen LogP contribution < -0.4 is 0 Å². The Morgan fingerprint density at radius 2 is 1.00 bits per heavy atom. The molecule has 0 rings (SSSR count). The minimum absolute atomic E-state index is 0.170. The zero-order valence-corrected chi connectivity index (χ0v) is 36.9. The summed E-state index contributed by atoms with van der Waals surface area (Å²) in [5, 5.41) is 9.61. The normalized spacial score (nSPS) is 13.9. The number of carbonyl (C=O) groups is 3. The number of nitrogens with zero attached hydrogens (tertiary/aromatic N) is 1. The molecule has 0 amide bonds. The molecule has 2 atom stereocenters. The van der Waals surface area contributed by atoms with E-state index in [9.17, 15) is 19.5 Å². The van der Waals surface area contributed by atoms with Crippen LogP contribution >= 0.6 is 0 Å². The summed E-state index contributed by atoms with van der Waals surface area (Å²) in [7, 11) is 5.92. The zero-order chi connectivity index (χ0) is 42.8. The number of quaternary nitrogens is 1. The molecule has 0 bridgehead atoms. The predicted octanol–water partition coefficient (Wildman–Crippen LogP) is 11.5. The molecule has 0 saturated heterocycles. The van der Waals surface area contributed by atoms with Crippen LogP contribution in [0.25, 0.3) is 0 Å². The smallest absolute Gasteiger partial charge is 0.361 e. The maximum absolute atomic E-state index is 12.7. The van der Waals surface area contributed by atoms with E-state index in [1.54, 1.807) is 0 Å². The van der Waals surface area contributed by atoms with E-state index in [2.05, 4.69) is 105 Å². The van der Waals surface area contributed by atoms with Crippen LogP contribution in [0.2, 0.25) is 0 Å². The second kappa shape index (κ2) is 40.0. The van der Waals surface area contributed by atoms with E-state index in [4.69, 9.17) is 18.9 Å². The van der Waals surface area contributed by atoms with Crippen molar-refractivity contribution in [1.29, 1.82) is 0 Å². The second-order valence-electron chi connectivity index (χ2n) is 15.3. The van der Waals surface area contributed by atoms with Crippen molar-refractivity contribution in [1.82, 2.24) is 0 Å². The molecule has 328 valence electrons. The molecular formula is C49H80NO8+. The van der Waals surface area contributed by atoms with E-state index in [0.29, 0.717) is 23.9 Å². The fourth-order valence-corrected chi connectivity index (χ4v) is 5.18. The largest absolute Gasteiger partial charge is 0.477 e.